The molecule has 3 aromatic rings. The van der Waals surface area contributed by atoms with Crippen molar-refractivity contribution in [3.05, 3.63) is 65.5 Å². The fraction of sp³-hybridized carbons (Fsp3) is 0.278. The molecule has 0 aromatic carbocycles. The molecule has 0 fully saturated rings. The van der Waals surface area contributed by atoms with E-state index in [4.69, 9.17) is 0 Å². The van der Waals surface area contributed by atoms with Gasteiger partial charge in [0.05, 0.1) is 29.7 Å². The van der Waals surface area contributed by atoms with Crippen molar-refractivity contribution >= 4 is 11.6 Å². The Labute approximate surface area is 141 Å². The second kappa shape index (κ2) is 6.31. The van der Waals surface area contributed by atoms with Crippen LogP contribution in [-0.4, -0.2) is 32.3 Å². The van der Waals surface area contributed by atoms with Gasteiger partial charge in [-0.3, -0.25) is 14.5 Å². The number of hydrogen-bond acceptors (Lipinski definition) is 3. The lowest BCUT2D eigenvalue weighted by molar-refractivity contribution is 0.0992. The number of hydrogen-bond donors (Lipinski definition) is 0. The zero-order valence-corrected chi connectivity index (χ0v) is 14.4. The summed E-state index contributed by atoms with van der Waals surface area (Å²) in [5.74, 6) is -0.0385. The highest BCUT2D eigenvalue weighted by Gasteiger charge is 2.21. The summed E-state index contributed by atoms with van der Waals surface area (Å²) in [6, 6.07) is 7.80. The van der Waals surface area contributed by atoms with E-state index in [-0.39, 0.29) is 5.91 Å². The summed E-state index contributed by atoms with van der Waals surface area (Å²) in [6.45, 7) is 4.64. The Morgan fingerprint density at radius 3 is 2.71 bits per heavy atom. The molecule has 0 aliphatic carbocycles. The Morgan fingerprint density at radius 2 is 2.08 bits per heavy atom. The van der Waals surface area contributed by atoms with Gasteiger partial charge in [0.25, 0.3) is 5.91 Å². The van der Waals surface area contributed by atoms with Crippen molar-refractivity contribution in [1.82, 2.24) is 19.3 Å². The van der Waals surface area contributed by atoms with E-state index >= 15 is 0 Å². The van der Waals surface area contributed by atoms with Gasteiger partial charge in [-0.15, -0.1) is 0 Å². The second-order valence-electron chi connectivity index (χ2n) is 5.93. The first-order valence-corrected chi connectivity index (χ1v) is 7.80. The molecule has 0 bridgehead atoms. The van der Waals surface area contributed by atoms with E-state index in [1.165, 1.54) is 0 Å². The molecule has 0 aliphatic heterocycles. The molecule has 3 rings (SSSR count). The first kappa shape index (κ1) is 16.0. The van der Waals surface area contributed by atoms with Gasteiger partial charge in [0.2, 0.25) is 0 Å². The van der Waals surface area contributed by atoms with Crippen LogP contribution in [0.25, 0.3) is 0 Å². The minimum Gasteiger partial charge on any atom is -0.342 e. The molecule has 3 aromatic heterocycles. The van der Waals surface area contributed by atoms with Crippen LogP contribution in [-0.2, 0) is 13.6 Å². The zero-order valence-electron chi connectivity index (χ0n) is 14.4. The molecule has 6 heteroatoms. The number of amides is 1. The van der Waals surface area contributed by atoms with E-state index in [2.05, 4.69) is 14.6 Å². The zero-order chi connectivity index (χ0) is 17.3. The molecule has 0 spiro atoms. The van der Waals surface area contributed by atoms with Crippen LogP contribution in [0, 0.1) is 13.8 Å². The van der Waals surface area contributed by atoms with Crippen LogP contribution in [0.2, 0.25) is 0 Å². The molecule has 1 amide bonds. The predicted octanol–water partition coefficient (Wildman–Crippen LogP) is 2.56. The van der Waals surface area contributed by atoms with Crippen molar-refractivity contribution in [3.63, 3.8) is 0 Å². The SMILES string of the molecule is Cc1cc(C(=O)N(C)c2cnn(C)c2)c(C)n1Cc1ccccn1. The number of anilines is 1. The summed E-state index contributed by atoms with van der Waals surface area (Å²) >= 11 is 0. The highest BCUT2D eigenvalue weighted by molar-refractivity contribution is 6.06. The van der Waals surface area contributed by atoms with E-state index in [0.717, 1.165) is 22.8 Å². The monoisotopic (exact) mass is 323 g/mol. The molecule has 0 N–H and O–H groups in total. The van der Waals surface area contributed by atoms with Crippen molar-refractivity contribution in [3.8, 4) is 0 Å². The van der Waals surface area contributed by atoms with Crippen LogP contribution < -0.4 is 4.90 Å². The van der Waals surface area contributed by atoms with Gasteiger partial charge in [-0.25, -0.2) is 0 Å². The maximum absolute atomic E-state index is 12.9. The number of nitrogens with zero attached hydrogens (tertiary/aromatic N) is 5. The number of carbonyl (C=O) groups excluding carboxylic acids is 1. The van der Waals surface area contributed by atoms with Crippen LogP contribution in [0.5, 0.6) is 0 Å². The third kappa shape index (κ3) is 2.95. The van der Waals surface area contributed by atoms with Crippen LogP contribution >= 0.6 is 0 Å². The minimum absolute atomic E-state index is 0.0385. The molecule has 0 saturated heterocycles. The quantitative estimate of drug-likeness (QED) is 0.741. The lowest BCUT2D eigenvalue weighted by atomic mass is 10.2. The summed E-state index contributed by atoms with van der Waals surface area (Å²) in [5.41, 5.74) is 4.44. The Morgan fingerprint density at radius 1 is 1.29 bits per heavy atom. The molecule has 0 unspecified atom stereocenters. The van der Waals surface area contributed by atoms with Crippen molar-refractivity contribution < 1.29 is 4.79 Å². The van der Waals surface area contributed by atoms with E-state index in [9.17, 15) is 4.79 Å². The number of rotatable bonds is 4. The van der Waals surface area contributed by atoms with Gasteiger partial charge in [0.1, 0.15) is 0 Å². The highest BCUT2D eigenvalue weighted by atomic mass is 16.2. The van der Waals surface area contributed by atoms with Crippen molar-refractivity contribution in [2.24, 2.45) is 7.05 Å². The van der Waals surface area contributed by atoms with E-state index in [0.29, 0.717) is 12.1 Å². The molecule has 0 aliphatic rings. The van der Waals surface area contributed by atoms with Crippen LogP contribution in [0.15, 0.2) is 42.9 Å². The van der Waals surface area contributed by atoms with Gasteiger partial charge in [-0.1, -0.05) is 6.07 Å². The fourth-order valence-corrected chi connectivity index (χ4v) is 2.79. The maximum atomic E-state index is 12.9. The van der Waals surface area contributed by atoms with Gasteiger partial charge in [0, 0.05) is 37.9 Å². The average molecular weight is 323 g/mol. The highest BCUT2D eigenvalue weighted by Crippen LogP contribution is 2.21. The number of aromatic nitrogens is 4. The molecular weight excluding hydrogens is 302 g/mol. The van der Waals surface area contributed by atoms with Gasteiger partial charge < -0.3 is 9.47 Å². The smallest absolute Gasteiger partial charge is 0.259 e. The van der Waals surface area contributed by atoms with Crippen LogP contribution in [0.3, 0.4) is 0 Å². The standard InChI is InChI=1S/C18H21N5O/c1-13-9-17(18(24)22(4)16-10-20-21(3)12-16)14(2)23(13)11-15-7-5-6-8-19-15/h5-10,12H,11H2,1-4H3. The van der Waals surface area contributed by atoms with Gasteiger partial charge in [-0.05, 0) is 32.0 Å². The van der Waals surface area contributed by atoms with Crippen molar-refractivity contribution in [1.29, 1.82) is 0 Å². The largest absolute Gasteiger partial charge is 0.342 e. The topological polar surface area (TPSA) is 56.0 Å². The maximum Gasteiger partial charge on any atom is 0.259 e. The summed E-state index contributed by atoms with van der Waals surface area (Å²) < 4.78 is 3.80. The van der Waals surface area contributed by atoms with Gasteiger partial charge in [-0.2, -0.15) is 5.10 Å². The van der Waals surface area contributed by atoms with Crippen molar-refractivity contribution in [2.75, 3.05) is 11.9 Å². The first-order valence-electron chi connectivity index (χ1n) is 7.80. The molecule has 0 saturated carbocycles. The van der Waals surface area contributed by atoms with Crippen molar-refractivity contribution in [2.45, 2.75) is 20.4 Å². The molecule has 0 radical (unpaired) electrons. The average Bonchev–Trinajstić information content (AvgIpc) is 3.13. The van der Waals surface area contributed by atoms with E-state index in [1.54, 1.807) is 29.0 Å². The third-order valence-electron chi connectivity index (χ3n) is 4.23. The molecule has 6 nitrogen and oxygen atoms in total. The number of carbonyl (C=O) groups is 1. The van der Waals surface area contributed by atoms with Gasteiger partial charge in [0.15, 0.2) is 0 Å². The summed E-state index contributed by atoms with van der Waals surface area (Å²) in [7, 11) is 3.60. The normalized spacial score (nSPS) is 10.8. The van der Waals surface area contributed by atoms with Crippen LogP contribution in [0.4, 0.5) is 5.69 Å². The Bertz CT molecular complexity index is 863. The van der Waals surface area contributed by atoms with Crippen LogP contribution in [0.1, 0.15) is 27.4 Å². The lowest BCUT2D eigenvalue weighted by Crippen LogP contribution is -2.26. The molecule has 0 atom stereocenters. The lowest BCUT2D eigenvalue weighted by Gasteiger charge is -2.15. The number of aryl methyl sites for hydroxylation is 2. The number of pyridine rings is 1. The third-order valence-corrected chi connectivity index (χ3v) is 4.23. The Kier molecular flexibility index (Phi) is 4.20. The molecule has 3 heterocycles. The first-order chi connectivity index (χ1) is 11.5. The Balaban J connectivity index is 1.89. The fourth-order valence-electron chi connectivity index (χ4n) is 2.79. The molecular formula is C18H21N5O. The molecule has 24 heavy (non-hydrogen) atoms. The predicted molar refractivity (Wildman–Crippen MR) is 93.2 cm³/mol. The minimum atomic E-state index is -0.0385. The second-order valence-corrected chi connectivity index (χ2v) is 5.93. The van der Waals surface area contributed by atoms with E-state index in [1.807, 2.05) is 51.4 Å². The Hall–Kier alpha value is -2.89. The summed E-state index contributed by atoms with van der Waals surface area (Å²) in [5, 5.41) is 4.12. The van der Waals surface area contributed by atoms with E-state index < -0.39 is 0 Å². The summed E-state index contributed by atoms with van der Waals surface area (Å²) in [4.78, 5) is 18.8. The summed E-state index contributed by atoms with van der Waals surface area (Å²) in [6.07, 6.45) is 5.29. The van der Waals surface area contributed by atoms with Gasteiger partial charge >= 0.3 is 0 Å². The molecule has 124 valence electrons.